The average Bonchev–Trinajstić information content (AvgIpc) is 2.23. The van der Waals surface area contributed by atoms with E-state index >= 15 is 0 Å². The van der Waals surface area contributed by atoms with E-state index in [1.54, 1.807) is 16.7 Å². The van der Waals surface area contributed by atoms with E-state index in [0.717, 1.165) is 18.7 Å². The molecular weight excluding hydrogens is 188 g/mol. The summed E-state index contributed by atoms with van der Waals surface area (Å²) in [5, 5.41) is 0. The molecular formula is C12H20N2O. The molecule has 0 saturated carbocycles. The van der Waals surface area contributed by atoms with Gasteiger partial charge in [0, 0.05) is 18.3 Å². The maximum atomic E-state index is 11.6. The molecule has 84 valence electrons. The van der Waals surface area contributed by atoms with Crippen LogP contribution in [-0.4, -0.2) is 4.57 Å². The first-order valence-electron chi connectivity index (χ1n) is 5.62. The molecule has 0 atom stereocenters. The maximum absolute atomic E-state index is 11.6. The lowest BCUT2D eigenvalue weighted by Crippen LogP contribution is -2.22. The lowest BCUT2D eigenvalue weighted by Gasteiger charge is -2.11. The Bertz CT molecular complexity index is 368. The molecule has 0 aliphatic rings. The number of hydrogen-bond acceptors (Lipinski definition) is 2. The second-order valence-electron chi connectivity index (χ2n) is 3.92. The number of aromatic nitrogens is 1. The van der Waals surface area contributed by atoms with Crippen molar-refractivity contribution in [2.75, 3.05) is 5.73 Å². The molecule has 0 aromatic carbocycles. The standard InChI is InChI=1S/C12H20N2O/c1-3-4-5-6-9-14-10(2)11(13)7-8-12(14)15/h7-8H,3-6,9,13H2,1-2H3. The fraction of sp³-hybridized carbons (Fsp3) is 0.583. The largest absolute Gasteiger partial charge is 0.397 e. The van der Waals surface area contributed by atoms with E-state index in [1.807, 2.05) is 6.92 Å². The van der Waals surface area contributed by atoms with Crippen LogP contribution in [0.2, 0.25) is 0 Å². The van der Waals surface area contributed by atoms with E-state index in [9.17, 15) is 4.79 Å². The predicted molar refractivity (Wildman–Crippen MR) is 64.0 cm³/mol. The lowest BCUT2D eigenvalue weighted by molar-refractivity contribution is 0.562. The second-order valence-corrected chi connectivity index (χ2v) is 3.92. The molecule has 0 aliphatic carbocycles. The molecule has 0 amide bonds. The van der Waals surface area contributed by atoms with Crippen molar-refractivity contribution >= 4 is 5.69 Å². The second kappa shape index (κ2) is 5.59. The van der Waals surface area contributed by atoms with Gasteiger partial charge >= 0.3 is 0 Å². The number of rotatable bonds is 5. The van der Waals surface area contributed by atoms with Crippen molar-refractivity contribution < 1.29 is 0 Å². The third-order valence-corrected chi connectivity index (χ3v) is 2.73. The molecule has 1 aromatic rings. The van der Waals surface area contributed by atoms with Gasteiger partial charge in [0.25, 0.3) is 5.56 Å². The van der Waals surface area contributed by atoms with Crippen molar-refractivity contribution in [1.29, 1.82) is 0 Å². The van der Waals surface area contributed by atoms with E-state index < -0.39 is 0 Å². The summed E-state index contributed by atoms with van der Waals surface area (Å²) in [5.41, 5.74) is 7.40. The molecule has 1 rings (SSSR count). The highest BCUT2D eigenvalue weighted by atomic mass is 16.1. The van der Waals surface area contributed by atoms with Crippen LogP contribution >= 0.6 is 0 Å². The number of unbranched alkanes of at least 4 members (excludes halogenated alkanes) is 3. The minimum Gasteiger partial charge on any atom is -0.397 e. The van der Waals surface area contributed by atoms with Gasteiger partial charge < -0.3 is 10.3 Å². The van der Waals surface area contributed by atoms with E-state index in [-0.39, 0.29) is 5.56 Å². The molecule has 1 heterocycles. The Balaban J connectivity index is 2.68. The van der Waals surface area contributed by atoms with E-state index in [2.05, 4.69) is 6.92 Å². The van der Waals surface area contributed by atoms with Gasteiger partial charge in [0.1, 0.15) is 0 Å². The summed E-state index contributed by atoms with van der Waals surface area (Å²) in [5.74, 6) is 0. The Kier molecular flexibility index (Phi) is 4.40. The van der Waals surface area contributed by atoms with Crippen LogP contribution in [0.1, 0.15) is 38.3 Å². The van der Waals surface area contributed by atoms with E-state index in [4.69, 9.17) is 5.73 Å². The highest BCUT2D eigenvalue weighted by Crippen LogP contribution is 2.08. The normalized spacial score (nSPS) is 10.5. The summed E-state index contributed by atoms with van der Waals surface area (Å²) in [7, 11) is 0. The van der Waals surface area contributed by atoms with Crippen LogP contribution in [0.25, 0.3) is 0 Å². The van der Waals surface area contributed by atoms with E-state index in [0.29, 0.717) is 5.69 Å². The molecule has 0 spiro atoms. The molecule has 2 N–H and O–H groups in total. The van der Waals surface area contributed by atoms with Gasteiger partial charge in [-0.1, -0.05) is 26.2 Å². The van der Waals surface area contributed by atoms with Crippen molar-refractivity contribution in [1.82, 2.24) is 4.57 Å². The minimum atomic E-state index is 0.0539. The molecule has 0 aliphatic heterocycles. The molecule has 0 bridgehead atoms. The number of anilines is 1. The highest BCUT2D eigenvalue weighted by Gasteiger charge is 2.02. The van der Waals surface area contributed by atoms with Gasteiger partial charge in [0.05, 0.1) is 5.69 Å². The topological polar surface area (TPSA) is 48.0 Å². The van der Waals surface area contributed by atoms with Crippen LogP contribution in [-0.2, 0) is 6.54 Å². The lowest BCUT2D eigenvalue weighted by atomic mass is 10.2. The fourth-order valence-corrected chi connectivity index (χ4v) is 1.67. The van der Waals surface area contributed by atoms with Crippen LogP contribution in [0.5, 0.6) is 0 Å². The first-order chi connectivity index (χ1) is 7.16. The molecule has 0 saturated heterocycles. The summed E-state index contributed by atoms with van der Waals surface area (Å²) >= 11 is 0. The molecule has 3 heteroatoms. The Morgan fingerprint density at radius 1 is 1.27 bits per heavy atom. The Labute approximate surface area is 90.9 Å². The van der Waals surface area contributed by atoms with Gasteiger partial charge in [-0.05, 0) is 19.4 Å². The first-order valence-corrected chi connectivity index (χ1v) is 5.62. The quantitative estimate of drug-likeness (QED) is 0.755. The summed E-state index contributed by atoms with van der Waals surface area (Å²) in [6, 6.07) is 3.22. The Hall–Kier alpha value is -1.25. The SMILES string of the molecule is CCCCCCn1c(C)c(N)ccc1=O. The number of hydrogen-bond donors (Lipinski definition) is 1. The van der Waals surface area contributed by atoms with Gasteiger partial charge in [-0.15, -0.1) is 0 Å². The number of nitrogen functional groups attached to an aromatic ring is 1. The summed E-state index contributed by atoms with van der Waals surface area (Å²) < 4.78 is 1.77. The third-order valence-electron chi connectivity index (χ3n) is 2.73. The predicted octanol–water partition coefficient (Wildman–Crippen LogP) is 2.32. The fourth-order valence-electron chi connectivity index (χ4n) is 1.67. The Morgan fingerprint density at radius 2 is 2.00 bits per heavy atom. The summed E-state index contributed by atoms with van der Waals surface area (Å²) in [6.45, 7) is 4.87. The molecule has 0 unspecified atom stereocenters. The smallest absolute Gasteiger partial charge is 0.250 e. The van der Waals surface area contributed by atoms with Gasteiger partial charge in [-0.25, -0.2) is 0 Å². The number of nitrogens with zero attached hydrogens (tertiary/aromatic N) is 1. The van der Waals surface area contributed by atoms with Gasteiger partial charge in [0.15, 0.2) is 0 Å². The number of nitrogens with two attached hydrogens (primary N) is 1. The van der Waals surface area contributed by atoms with Crippen molar-refractivity contribution in [3.63, 3.8) is 0 Å². The van der Waals surface area contributed by atoms with Crippen molar-refractivity contribution in [3.05, 3.63) is 28.2 Å². The third kappa shape index (κ3) is 3.11. The maximum Gasteiger partial charge on any atom is 0.250 e. The molecule has 15 heavy (non-hydrogen) atoms. The highest BCUT2D eigenvalue weighted by molar-refractivity contribution is 5.41. The zero-order valence-corrected chi connectivity index (χ0v) is 9.62. The monoisotopic (exact) mass is 208 g/mol. The van der Waals surface area contributed by atoms with Crippen molar-refractivity contribution in [2.45, 2.75) is 46.1 Å². The summed E-state index contributed by atoms with van der Waals surface area (Å²) in [4.78, 5) is 11.6. The van der Waals surface area contributed by atoms with Crippen LogP contribution < -0.4 is 11.3 Å². The Morgan fingerprint density at radius 3 is 2.67 bits per heavy atom. The zero-order valence-electron chi connectivity index (χ0n) is 9.62. The molecule has 1 aromatic heterocycles. The zero-order chi connectivity index (χ0) is 11.3. The van der Waals surface area contributed by atoms with Crippen LogP contribution in [0.4, 0.5) is 5.69 Å². The van der Waals surface area contributed by atoms with Crippen LogP contribution in [0.3, 0.4) is 0 Å². The van der Waals surface area contributed by atoms with Gasteiger partial charge in [0.2, 0.25) is 0 Å². The van der Waals surface area contributed by atoms with E-state index in [1.165, 1.54) is 19.3 Å². The minimum absolute atomic E-state index is 0.0539. The van der Waals surface area contributed by atoms with Gasteiger partial charge in [-0.3, -0.25) is 4.79 Å². The van der Waals surface area contributed by atoms with Crippen LogP contribution in [0.15, 0.2) is 16.9 Å². The van der Waals surface area contributed by atoms with Gasteiger partial charge in [-0.2, -0.15) is 0 Å². The molecule has 0 fully saturated rings. The summed E-state index contributed by atoms with van der Waals surface area (Å²) in [6.07, 6.45) is 4.68. The first kappa shape index (κ1) is 11.8. The number of pyridine rings is 1. The molecule has 3 nitrogen and oxygen atoms in total. The van der Waals surface area contributed by atoms with Crippen LogP contribution in [0, 0.1) is 6.92 Å². The van der Waals surface area contributed by atoms with Crippen molar-refractivity contribution in [2.24, 2.45) is 0 Å². The van der Waals surface area contributed by atoms with Crippen molar-refractivity contribution in [3.8, 4) is 0 Å². The molecule has 0 radical (unpaired) electrons. The average molecular weight is 208 g/mol.